The van der Waals surface area contributed by atoms with Crippen LogP contribution in [0.3, 0.4) is 0 Å². The monoisotopic (exact) mass is 244 g/mol. The Balaban J connectivity index is 2.44. The number of hydrogen-bond donors (Lipinski definition) is 1. The lowest BCUT2D eigenvalue weighted by Crippen LogP contribution is -2.01. The summed E-state index contributed by atoms with van der Waals surface area (Å²) in [7, 11) is 1.83. The van der Waals surface area contributed by atoms with Crippen LogP contribution in [-0.4, -0.2) is 20.9 Å². The molecule has 0 saturated heterocycles. The first-order valence-electron chi connectivity index (χ1n) is 5.79. The zero-order valence-corrected chi connectivity index (χ0v) is 10.8. The second-order valence-corrected chi connectivity index (χ2v) is 4.53. The highest BCUT2D eigenvalue weighted by atomic mass is 16.4. The van der Waals surface area contributed by atoms with Crippen LogP contribution in [0.15, 0.2) is 24.3 Å². The molecular formula is C14H16N2O2. The van der Waals surface area contributed by atoms with Crippen LogP contribution in [0, 0.1) is 13.8 Å². The number of aliphatic carboxylic acids is 1. The van der Waals surface area contributed by atoms with Gasteiger partial charge in [0.25, 0.3) is 0 Å². The van der Waals surface area contributed by atoms with E-state index in [1.807, 2.05) is 32.2 Å². The van der Waals surface area contributed by atoms with Gasteiger partial charge < -0.3 is 5.11 Å². The van der Waals surface area contributed by atoms with Gasteiger partial charge in [0.05, 0.1) is 17.8 Å². The summed E-state index contributed by atoms with van der Waals surface area (Å²) < 4.78 is 1.73. The lowest BCUT2D eigenvalue weighted by Gasteiger charge is -2.06. The third-order valence-corrected chi connectivity index (χ3v) is 2.92. The minimum absolute atomic E-state index is 0.0429. The molecule has 0 aliphatic carbocycles. The third-order valence-electron chi connectivity index (χ3n) is 2.92. The molecule has 0 bridgehead atoms. The maximum atomic E-state index is 10.7. The van der Waals surface area contributed by atoms with Crippen molar-refractivity contribution in [3.05, 3.63) is 41.1 Å². The predicted octanol–water partition coefficient (Wildman–Crippen LogP) is 2.33. The van der Waals surface area contributed by atoms with Crippen molar-refractivity contribution < 1.29 is 9.90 Å². The largest absolute Gasteiger partial charge is 0.481 e. The number of aromatic nitrogens is 2. The van der Waals surface area contributed by atoms with Crippen molar-refractivity contribution in [3.63, 3.8) is 0 Å². The van der Waals surface area contributed by atoms with E-state index < -0.39 is 5.97 Å². The molecule has 0 unspecified atom stereocenters. The zero-order valence-electron chi connectivity index (χ0n) is 10.8. The highest BCUT2D eigenvalue weighted by Gasteiger charge is 2.11. The Bertz CT molecular complexity index is 600. The van der Waals surface area contributed by atoms with Crippen LogP contribution in [0.1, 0.15) is 16.8 Å². The smallest absolute Gasteiger partial charge is 0.309 e. The van der Waals surface area contributed by atoms with Gasteiger partial charge in [-0.05, 0) is 25.5 Å². The summed E-state index contributed by atoms with van der Waals surface area (Å²) in [4.78, 5) is 10.7. The zero-order chi connectivity index (χ0) is 13.3. The van der Waals surface area contributed by atoms with Crippen molar-refractivity contribution in [1.82, 2.24) is 9.78 Å². The maximum absolute atomic E-state index is 10.7. The number of benzene rings is 1. The van der Waals surface area contributed by atoms with Crippen LogP contribution in [0.2, 0.25) is 0 Å². The Morgan fingerprint density at radius 1 is 1.33 bits per heavy atom. The first kappa shape index (κ1) is 12.4. The second kappa shape index (κ2) is 4.64. The molecule has 2 rings (SSSR count). The van der Waals surface area contributed by atoms with Crippen molar-refractivity contribution in [2.45, 2.75) is 20.3 Å². The second-order valence-electron chi connectivity index (χ2n) is 4.53. The average molecular weight is 244 g/mol. The van der Waals surface area contributed by atoms with E-state index in [4.69, 9.17) is 5.11 Å². The number of hydrogen-bond acceptors (Lipinski definition) is 2. The van der Waals surface area contributed by atoms with E-state index in [1.54, 1.807) is 4.68 Å². The molecule has 1 aromatic carbocycles. The van der Waals surface area contributed by atoms with Gasteiger partial charge in [0.2, 0.25) is 0 Å². The fraction of sp³-hybridized carbons (Fsp3) is 0.286. The van der Waals surface area contributed by atoms with Crippen molar-refractivity contribution in [2.75, 3.05) is 0 Å². The Kier molecular flexibility index (Phi) is 3.19. The quantitative estimate of drug-likeness (QED) is 0.901. The van der Waals surface area contributed by atoms with Crippen LogP contribution in [0.5, 0.6) is 0 Å². The van der Waals surface area contributed by atoms with Crippen molar-refractivity contribution in [2.24, 2.45) is 7.05 Å². The molecule has 1 aromatic heterocycles. The summed E-state index contributed by atoms with van der Waals surface area (Å²) in [6, 6.07) is 8.05. The Hall–Kier alpha value is -2.10. The SMILES string of the molecule is Cc1ccc(-c2cc(CC(=O)O)nn2C)c(C)c1. The van der Waals surface area contributed by atoms with Gasteiger partial charge in [0.15, 0.2) is 0 Å². The van der Waals surface area contributed by atoms with Crippen LogP contribution in [-0.2, 0) is 18.3 Å². The van der Waals surface area contributed by atoms with E-state index in [-0.39, 0.29) is 6.42 Å². The van der Waals surface area contributed by atoms with Gasteiger partial charge in [-0.2, -0.15) is 5.10 Å². The van der Waals surface area contributed by atoms with Crippen LogP contribution < -0.4 is 0 Å². The number of carboxylic acids is 1. The summed E-state index contributed by atoms with van der Waals surface area (Å²) in [5.74, 6) is -0.861. The number of carboxylic acid groups (broad SMARTS) is 1. The summed E-state index contributed by atoms with van der Waals surface area (Å²) in [5, 5.41) is 13.0. The summed E-state index contributed by atoms with van der Waals surface area (Å²) in [6.45, 7) is 4.10. The predicted molar refractivity (Wildman–Crippen MR) is 69.5 cm³/mol. The molecule has 0 saturated carbocycles. The molecule has 0 fully saturated rings. The van der Waals surface area contributed by atoms with Gasteiger partial charge >= 0.3 is 5.97 Å². The first-order chi connectivity index (χ1) is 8.47. The lowest BCUT2D eigenvalue weighted by molar-refractivity contribution is -0.136. The van der Waals surface area contributed by atoms with E-state index in [9.17, 15) is 4.79 Å². The normalized spacial score (nSPS) is 10.6. The van der Waals surface area contributed by atoms with Gasteiger partial charge in [0, 0.05) is 12.6 Å². The van der Waals surface area contributed by atoms with Gasteiger partial charge in [-0.1, -0.05) is 23.8 Å². The van der Waals surface area contributed by atoms with E-state index in [0.29, 0.717) is 5.69 Å². The standard InChI is InChI=1S/C14H16N2O2/c1-9-4-5-12(10(2)6-9)13-7-11(8-14(17)18)15-16(13)3/h4-7H,8H2,1-3H3,(H,17,18). The molecule has 0 radical (unpaired) electrons. The minimum Gasteiger partial charge on any atom is -0.481 e. The maximum Gasteiger partial charge on any atom is 0.309 e. The third kappa shape index (κ3) is 2.42. The molecule has 2 aromatic rings. The molecule has 18 heavy (non-hydrogen) atoms. The molecule has 0 amide bonds. The lowest BCUT2D eigenvalue weighted by atomic mass is 10.0. The van der Waals surface area contributed by atoms with Crippen molar-refractivity contribution >= 4 is 5.97 Å². The summed E-state index contributed by atoms with van der Waals surface area (Å²) in [5.41, 5.74) is 5.00. The molecule has 4 heteroatoms. The summed E-state index contributed by atoms with van der Waals surface area (Å²) in [6.07, 6.45) is -0.0429. The van der Waals surface area contributed by atoms with Gasteiger partial charge in [-0.3, -0.25) is 9.48 Å². The van der Waals surface area contributed by atoms with E-state index in [0.717, 1.165) is 11.3 Å². The van der Waals surface area contributed by atoms with Crippen LogP contribution in [0.25, 0.3) is 11.3 Å². The van der Waals surface area contributed by atoms with Crippen molar-refractivity contribution in [1.29, 1.82) is 0 Å². The fourth-order valence-electron chi connectivity index (χ4n) is 2.12. The van der Waals surface area contributed by atoms with E-state index in [2.05, 4.69) is 18.1 Å². The molecule has 4 nitrogen and oxygen atoms in total. The fourth-order valence-corrected chi connectivity index (χ4v) is 2.12. The molecule has 94 valence electrons. The summed E-state index contributed by atoms with van der Waals surface area (Å²) >= 11 is 0. The number of aryl methyl sites for hydroxylation is 3. The van der Waals surface area contributed by atoms with E-state index >= 15 is 0 Å². The molecule has 1 N–H and O–H groups in total. The Morgan fingerprint density at radius 2 is 2.06 bits per heavy atom. The van der Waals surface area contributed by atoms with E-state index in [1.165, 1.54) is 11.1 Å². The number of carbonyl (C=O) groups is 1. The first-order valence-corrected chi connectivity index (χ1v) is 5.79. The topological polar surface area (TPSA) is 55.1 Å². The van der Waals surface area contributed by atoms with Crippen LogP contribution >= 0.6 is 0 Å². The molecule has 0 atom stereocenters. The van der Waals surface area contributed by atoms with Crippen LogP contribution in [0.4, 0.5) is 0 Å². The van der Waals surface area contributed by atoms with Gasteiger partial charge in [-0.25, -0.2) is 0 Å². The number of nitrogens with zero attached hydrogens (tertiary/aromatic N) is 2. The molecule has 1 heterocycles. The molecule has 0 aliphatic heterocycles. The van der Waals surface area contributed by atoms with Gasteiger partial charge in [0.1, 0.15) is 0 Å². The molecule has 0 spiro atoms. The minimum atomic E-state index is -0.861. The Morgan fingerprint density at radius 3 is 2.67 bits per heavy atom. The molecular weight excluding hydrogens is 228 g/mol. The van der Waals surface area contributed by atoms with Gasteiger partial charge in [-0.15, -0.1) is 0 Å². The average Bonchev–Trinajstić information content (AvgIpc) is 2.58. The van der Waals surface area contributed by atoms with Crippen molar-refractivity contribution in [3.8, 4) is 11.3 Å². The highest BCUT2D eigenvalue weighted by Crippen LogP contribution is 2.24. The molecule has 0 aliphatic rings. The Labute approximate surface area is 106 Å². The number of rotatable bonds is 3. The highest BCUT2D eigenvalue weighted by molar-refractivity contribution is 5.71.